The van der Waals surface area contributed by atoms with E-state index in [0.29, 0.717) is 11.3 Å². The van der Waals surface area contributed by atoms with Crippen molar-refractivity contribution in [2.24, 2.45) is 0 Å². The van der Waals surface area contributed by atoms with Gasteiger partial charge < -0.3 is 10.2 Å². The summed E-state index contributed by atoms with van der Waals surface area (Å²) in [6.45, 7) is 0. The summed E-state index contributed by atoms with van der Waals surface area (Å²) < 4.78 is 6.12. The molecule has 3 aromatic rings. The third-order valence-electron chi connectivity index (χ3n) is 2.75. The Balaban J connectivity index is 2.15. The van der Waals surface area contributed by atoms with E-state index in [1.54, 1.807) is 24.3 Å². The number of halogens is 2. The maximum atomic E-state index is 12.0. The monoisotopic (exact) mass is 322 g/mol. The number of benzene rings is 1. The topological polar surface area (TPSA) is 86.9 Å². The molecule has 0 bridgehead atoms. The number of hydrogen-bond donors (Lipinski definition) is 1. The number of aromatic nitrogens is 3. The van der Waals surface area contributed by atoms with E-state index < -0.39 is 5.76 Å². The Morgan fingerprint density at radius 3 is 2.33 bits per heavy atom. The average molecular weight is 323 g/mol. The van der Waals surface area contributed by atoms with Crippen LogP contribution in [0.3, 0.4) is 0 Å². The fourth-order valence-electron chi connectivity index (χ4n) is 1.77. The third kappa shape index (κ3) is 2.51. The molecule has 0 saturated carbocycles. The average Bonchev–Trinajstić information content (AvgIpc) is 2.81. The fourth-order valence-corrected chi connectivity index (χ4v) is 2.29. The summed E-state index contributed by atoms with van der Waals surface area (Å²) in [6.07, 6.45) is 2.74. The molecule has 0 aliphatic heterocycles. The van der Waals surface area contributed by atoms with E-state index in [1.165, 1.54) is 12.4 Å². The van der Waals surface area contributed by atoms with Crippen molar-refractivity contribution in [3.8, 4) is 17.1 Å². The maximum absolute atomic E-state index is 12.0. The lowest BCUT2D eigenvalue weighted by atomic mass is 10.2. The number of pyridine rings is 1. The zero-order valence-electron chi connectivity index (χ0n) is 10.5. The van der Waals surface area contributed by atoms with Crippen LogP contribution in [0.4, 0.5) is 5.69 Å². The van der Waals surface area contributed by atoms with Crippen molar-refractivity contribution in [2.75, 3.05) is 5.73 Å². The van der Waals surface area contributed by atoms with Gasteiger partial charge in [-0.25, -0.2) is 4.79 Å². The third-order valence-corrected chi connectivity index (χ3v) is 3.30. The van der Waals surface area contributed by atoms with Crippen molar-refractivity contribution in [3.05, 3.63) is 57.3 Å². The van der Waals surface area contributed by atoms with Crippen molar-refractivity contribution in [3.63, 3.8) is 0 Å². The number of anilines is 1. The minimum atomic E-state index is -0.697. The minimum Gasteiger partial charge on any atom is -0.399 e. The Bertz CT molecular complexity index is 835. The second kappa shape index (κ2) is 5.23. The lowest BCUT2D eigenvalue weighted by Gasteiger charge is -2.02. The van der Waals surface area contributed by atoms with Crippen LogP contribution in [0.2, 0.25) is 10.0 Å². The Morgan fingerprint density at radius 1 is 1.10 bits per heavy atom. The standard InChI is InChI=1S/C13H8Cl2N4O2/c14-9-5-17-6-10(15)11(9)19-13(20)21-12(18-19)7-1-3-8(16)4-2-7/h1-6H,16H2. The van der Waals surface area contributed by atoms with Crippen molar-refractivity contribution in [2.45, 2.75) is 0 Å². The van der Waals surface area contributed by atoms with E-state index in [-0.39, 0.29) is 21.6 Å². The lowest BCUT2D eigenvalue weighted by Crippen LogP contribution is -2.14. The Hall–Kier alpha value is -2.31. The van der Waals surface area contributed by atoms with Crippen LogP contribution in [0.5, 0.6) is 0 Å². The van der Waals surface area contributed by atoms with E-state index >= 15 is 0 Å². The molecule has 0 spiro atoms. The minimum absolute atomic E-state index is 0.143. The largest absolute Gasteiger partial charge is 0.442 e. The molecule has 0 aliphatic rings. The molecule has 0 amide bonds. The van der Waals surface area contributed by atoms with Crippen molar-refractivity contribution < 1.29 is 4.42 Å². The smallest absolute Gasteiger partial charge is 0.399 e. The molecule has 2 heterocycles. The second-order valence-electron chi connectivity index (χ2n) is 4.16. The summed E-state index contributed by atoms with van der Waals surface area (Å²) in [5.41, 5.74) is 7.05. The number of rotatable bonds is 2. The van der Waals surface area contributed by atoms with Gasteiger partial charge in [0, 0.05) is 23.6 Å². The first kappa shape index (κ1) is 13.7. The molecule has 2 N–H and O–H groups in total. The number of nitrogens with two attached hydrogens (primary N) is 1. The van der Waals surface area contributed by atoms with Crippen molar-refractivity contribution in [1.29, 1.82) is 0 Å². The molecule has 0 unspecified atom stereocenters. The molecule has 0 saturated heterocycles. The van der Waals surface area contributed by atoms with Crippen molar-refractivity contribution in [1.82, 2.24) is 14.8 Å². The summed E-state index contributed by atoms with van der Waals surface area (Å²) >= 11 is 12.0. The molecule has 1 aromatic carbocycles. The molecule has 21 heavy (non-hydrogen) atoms. The first-order chi connectivity index (χ1) is 10.1. The molecule has 8 heteroatoms. The van der Waals surface area contributed by atoms with Gasteiger partial charge in [0.15, 0.2) is 0 Å². The second-order valence-corrected chi connectivity index (χ2v) is 4.97. The molecule has 0 fully saturated rings. The number of hydrogen-bond acceptors (Lipinski definition) is 5. The highest BCUT2D eigenvalue weighted by Gasteiger charge is 2.17. The van der Waals surface area contributed by atoms with Gasteiger partial charge in [0.05, 0.1) is 10.0 Å². The number of nitrogens with zero attached hydrogens (tertiary/aromatic N) is 3. The summed E-state index contributed by atoms with van der Waals surface area (Å²) in [5, 5.41) is 4.49. The molecule has 3 rings (SSSR count). The van der Waals surface area contributed by atoms with Crippen LogP contribution in [0.1, 0.15) is 0 Å². The molecule has 0 radical (unpaired) electrons. The van der Waals surface area contributed by atoms with Gasteiger partial charge >= 0.3 is 5.76 Å². The van der Waals surface area contributed by atoms with Gasteiger partial charge in [-0.15, -0.1) is 5.10 Å². The fraction of sp³-hybridized carbons (Fsp3) is 0. The van der Waals surface area contributed by atoms with Gasteiger partial charge in [-0.05, 0) is 24.3 Å². The van der Waals surface area contributed by atoms with Gasteiger partial charge in [-0.1, -0.05) is 23.2 Å². The molecular formula is C13H8Cl2N4O2. The van der Waals surface area contributed by atoms with E-state index in [0.717, 1.165) is 4.68 Å². The maximum Gasteiger partial charge on any atom is 0.442 e. The normalized spacial score (nSPS) is 10.8. The Labute approximate surface area is 128 Å². The first-order valence-electron chi connectivity index (χ1n) is 5.81. The van der Waals surface area contributed by atoms with Crippen LogP contribution in [0, 0.1) is 0 Å². The molecule has 106 valence electrons. The van der Waals surface area contributed by atoms with Gasteiger partial charge in [0.1, 0.15) is 5.69 Å². The van der Waals surface area contributed by atoms with Crippen molar-refractivity contribution >= 4 is 28.9 Å². The molecule has 0 aliphatic carbocycles. The van der Waals surface area contributed by atoms with Gasteiger partial charge in [0.2, 0.25) is 5.89 Å². The summed E-state index contributed by atoms with van der Waals surface area (Å²) in [6, 6.07) is 6.75. The Kier molecular flexibility index (Phi) is 3.40. The number of nitrogen functional groups attached to an aromatic ring is 1. The Morgan fingerprint density at radius 2 is 1.71 bits per heavy atom. The highest BCUT2D eigenvalue weighted by Crippen LogP contribution is 2.26. The highest BCUT2D eigenvalue weighted by molar-refractivity contribution is 6.37. The van der Waals surface area contributed by atoms with Gasteiger partial charge in [-0.2, -0.15) is 4.68 Å². The van der Waals surface area contributed by atoms with Crippen LogP contribution >= 0.6 is 23.2 Å². The zero-order chi connectivity index (χ0) is 15.0. The lowest BCUT2D eigenvalue weighted by molar-refractivity contribution is 0.516. The van der Waals surface area contributed by atoms with Gasteiger partial charge in [0.25, 0.3) is 0 Å². The molecule has 0 atom stereocenters. The van der Waals surface area contributed by atoms with Crippen LogP contribution in [0.15, 0.2) is 45.9 Å². The van der Waals surface area contributed by atoms with E-state index in [4.69, 9.17) is 33.4 Å². The first-order valence-corrected chi connectivity index (χ1v) is 6.57. The van der Waals surface area contributed by atoms with Gasteiger partial charge in [-0.3, -0.25) is 4.98 Å². The quantitative estimate of drug-likeness (QED) is 0.733. The van der Waals surface area contributed by atoms with Crippen LogP contribution in [-0.2, 0) is 0 Å². The van der Waals surface area contributed by atoms with E-state index in [2.05, 4.69) is 10.1 Å². The summed E-state index contributed by atoms with van der Waals surface area (Å²) in [5.74, 6) is -0.555. The van der Waals surface area contributed by atoms with Crippen LogP contribution in [0.25, 0.3) is 17.1 Å². The van der Waals surface area contributed by atoms with E-state index in [1.807, 2.05) is 0 Å². The van der Waals surface area contributed by atoms with Crippen LogP contribution in [-0.4, -0.2) is 14.8 Å². The van der Waals surface area contributed by atoms with E-state index in [9.17, 15) is 4.79 Å². The molecule has 2 aromatic heterocycles. The summed E-state index contributed by atoms with van der Waals surface area (Å²) in [7, 11) is 0. The van der Waals surface area contributed by atoms with Crippen LogP contribution < -0.4 is 11.5 Å². The molecule has 6 nitrogen and oxygen atoms in total. The SMILES string of the molecule is Nc1ccc(-c2nn(-c3c(Cl)cncc3Cl)c(=O)o2)cc1. The molecular weight excluding hydrogens is 315 g/mol. The predicted octanol–water partition coefficient (Wildman–Crippen LogP) is 2.78. The summed E-state index contributed by atoms with van der Waals surface area (Å²) in [4.78, 5) is 15.8. The zero-order valence-corrected chi connectivity index (χ0v) is 12.0. The highest BCUT2D eigenvalue weighted by atomic mass is 35.5. The predicted molar refractivity (Wildman–Crippen MR) is 79.8 cm³/mol.